The van der Waals surface area contributed by atoms with Crippen LogP contribution in [0.3, 0.4) is 0 Å². The zero-order chi connectivity index (χ0) is 15.0. The second kappa shape index (κ2) is 5.24. The molecule has 0 spiro atoms. The van der Waals surface area contributed by atoms with Gasteiger partial charge < -0.3 is 15.2 Å². The maximum absolute atomic E-state index is 12.8. The molecule has 1 fully saturated rings. The van der Waals surface area contributed by atoms with E-state index in [4.69, 9.17) is 10.3 Å². The number of nitrogens with zero attached hydrogens (tertiary/aromatic N) is 2. The van der Waals surface area contributed by atoms with Gasteiger partial charge in [-0.25, -0.2) is 0 Å². The van der Waals surface area contributed by atoms with E-state index in [1.54, 1.807) is 6.07 Å². The molecule has 5 heteroatoms. The Morgan fingerprint density at radius 1 is 1.38 bits per heavy atom. The number of aromatic nitrogens is 1. The van der Waals surface area contributed by atoms with Crippen LogP contribution in [-0.4, -0.2) is 22.5 Å². The Labute approximate surface area is 123 Å². The minimum atomic E-state index is -0.0430. The standard InChI is InChI=1S/C16H19N3O2/c1-10-5-6-13(17)12(8-10)16(20)19-7-3-4-14(19)15-9-11(2)18-21-15/h5-6,8-9,14H,3-4,7,17H2,1-2H3. The van der Waals surface area contributed by atoms with Crippen molar-refractivity contribution in [1.29, 1.82) is 0 Å². The molecule has 1 amide bonds. The summed E-state index contributed by atoms with van der Waals surface area (Å²) in [5.41, 5.74) is 8.91. The summed E-state index contributed by atoms with van der Waals surface area (Å²) in [5.74, 6) is 0.720. The molecule has 5 nitrogen and oxygen atoms in total. The third-order valence-corrected chi connectivity index (χ3v) is 3.93. The normalized spacial score (nSPS) is 18.2. The molecule has 21 heavy (non-hydrogen) atoms. The fourth-order valence-corrected chi connectivity index (χ4v) is 2.86. The minimum absolute atomic E-state index is 0.0345. The Balaban J connectivity index is 1.91. The van der Waals surface area contributed by atoms with Crippen molar-refractivity contribution in [3.63, 3.8) is 0 Å². The lowest BCUT2D eigenvalue weighted by atomic mass is 10.1. The minimum Gasteiger partial charge on any atom is -0.398 e. The molecule has 0 saturated carbocycles. The predicted molar refractivity (Wildman–Crippen MR) is 79.8 cm³/mol. The van der Waals surface area contributed by atoms with Crippen LogP contribution in [0.5, 0.6) is 0 Å². The lowest BCUT2D eigenvalue weighted by Crippen LogP contribution is -2.31. The first kappa shape index (κ1) is 13.7. The molecule has 1 unspecified atom stereocenters. The third kappa shape index (κ3) is 2.51. The number of hydrogen-bond donors (Lipinski definition) is 1. The van der Waals surface area contributed by atoms with Crippen molar-refractivity contribution < 1.29 is 9.32 Å². The molecule has 2 aromatic rings. The third-order valence-electron chi connectivity index (χ3n) is 3.93. The number of amides is 1. The van der Waals surface area contributed by atoms with Gasteiger partial charge in [-0.05, 0) is 38.8 Å². The molecule has 0 aliphatic carbocycles. The van der Waals surface area contributed by atoms with Gasteiger partial charge in [0, 0.05) is 18.3 Å². The summed E-state index contributed by atoms with van der Waals surface area (Å²) in [6, 6.07) is 7.40. The SMILES string of the molecule is Cc1ccc(N)c(C(=O)N2CCCC2c2cc(C)no2)c1. The summed E-state index contributed by atoms with van der Waals surface area (Å²) in [6.07, 6.45) is 1.86. The predicted octanol–water partition coefficient (Wildman–Crippen LogP) is 2.85. The van der Waals surface area contributed by atoms with Crippen molar-refractivity contribution in [1.82, 2.24) is 10.1 Å². The van der Waals surface area contributed by atoms with E-state index >= 15 is 0 Å². The van der Waals surface area contributed by atoms with E-state index in [9.17, 15) is 4.79 Å². The molecule has 2 heterocycles. The van der Waals surface area contributed by atoms with Crippen molar-refractivity contribution in [3.05, 3.63) is 46.8 Å². The van der Waals surface area contributed by atoms with Gasteiger partial charge in [-0.3, -0.25) is 4.79 Å². The molecule has 0 bridgehead atoms. The molecule has 110 valence electrons. The maximum Gasteiger partial charge on any atom is 0.256 e. The molecule has 1 aromatic carbocycles. The second-order valence-corrected chi connectivity index (χ2v) is 5.62. The van der Waals surface area contributed by atoms with Gasteiger partial charge in [-0.2, -0.15) is 0 Å². The molecule has 0 radical (unpaired) electrons. The Kier molecular flexibility index (Phi) is 3.41. The highest BCUT2D eigenvalue weighted by molar-refractivity contribution is 5.99. The van der Waals surface area contributed by atoms with Gasteiger partial charge in [-0.15, -0.1) is 0 Å². The highest BCUT2D eigenvalue weighted by atomic mass is 16.5. The summed E-state index contributed by atoms with van der Waals surface area (Å²) >= 11 is 0. The average Bonchev–Trinajstić information content (AvgIpc) is 3.09. The van der Waals surface area contributed by atoms with Gasteiger partial charge in [0.15, 0.2) is 5.76 Å². The number of carbonyl (C=O) groups is 1. The molecule has 1 saturated heterocycles. The van der Waals surface area contributed by atoms with Crippen LogP contribution in [0.4, 0.5) is 5.69 Å². The molecule has 1 aromatic heterocycles. The van der Waals surface area contributed by atoms with E-state index in [0.29, 0.717) is 11.3 Å². The molecule has 1 atom stereocenters. The zero-order valence-corrected chi connectivity index (χ0v) is 12.3. The van der Waals surface area contributed by atoms with Gasteiger partial charge in [0.05, 0.1) is 17.3 Å². The Hall–Kier alpha value is -2.30. The first-order valence-electron chi connectivity index (χ1n) is 7.16. The number of carbonyl (C=O) groups excluding carboxylic acids is 1. The van der Waals surface area contributed by atoms with Gasteiger partial charge >= 0.3 is 0 Å². The topological polar surface area (TPSA) is 72.4 Å². The van der Waals surface area contributed by atoms with Crippen LogP contribution in [0.25, 0.3) is 0 Å². The zero-order valence-electron chi connectivity index (χ0n) is 12.3. The number of rotatable bonds is 2. The van der Waals surface area contributed by atoms with E-state index in [-0.39, 0.29) is 11.9 Å². The highest BCUT2D eigenvalue weighted by Gasteiger charge is 2.33. The van der Waals surface area contributed by atoms with Crippen LogP contribution in [-0.2, 0) is 0 Å². The Bertz CT molecular complexity index is 678. The summed E-state index contributed by atoms with van der Waals surface area (Å²) in [5, 5.41) is 3.92. The average molecular weight is 285 g/mol. The van der Waals surface area contributed by atoms with Crippen LogP contribution in [0.1, 0.15) is 46.3 Å². The van der Waals surface area contributed by atoms with Crippen molar-refractivity contribution >= 4 is 11.6 Å². The quantitative estimate of drug-likeness (QED) is 0.861. The number of nitrogen functional groups attached to an aromatic ring is 1. The highest BCUT2D eigenvalue weighted by Crippen LogP contribution is 2.34. The summed E-state index contributed by atoms with van der Waals surface area (Å²) < 4.78 is 5.34. The van der Waals surface area contributed by atoms with Crippen LogP contribution in [0.2, 0.25) is 0 Å². The van der Waals surface area contributed by atoms with E-state index in [0.717, 1.165) is 36.4 Å². The smallest absolute Gasteiger partial charge is 0.256 e. The Morgan fingerprint density at radius 3 is 2.90 bits per heavy atom. The maximum atomic E-state index is 12.8. The van der Waals surface area contributed by atoms with Gasteiger partial charge in [0.25, 0.3) is 5.91 Å². The van der Waals surface area contributed by atoms with Gasteiger partial charge in [-0.1, -0.05) is 16.8 Å². The van der Waals surface area contributed by atoms with Crippen LogP contribution in [0.15, 0.2) is 28.8 Å². The number of nitrogens with two attached hydrogens (primary N) is 1. The molecule has 2 N–H and O–H groups in total. The first-order valence-corrected chi connectivity index (χ1v) is 7.16. The number of benzene rings is 1. The van der Waals surface area contributed by atoms with E-state index < -0.39 is 0 Å². The van der Waals surface area contributed by atoms with Crippen LogP contribution < -0.4 is 5.73 Å². The fourth-order valence-electron chi connectivity index (χ4n) is 2.86. The monoisotopic (exact) mass is 285 g/mol. The summed E-state index contributed by atoms with van der Waals surface area (Å²) in [6.45, 7) is 4.56. The molecular weight excluding hydrogens is 266 g/mol. The first-order chi connectivity index (χ1) is 10.1. The van der Waals surface area contributed by atoms with Crippen molar-refractivity contribution in [2.24, 2.45) is 0 Å². The molecule has 3 rings (SSSR count). The number of hydrogen-bond acceptors (Lipinski definition) is 4. The van der Waals surface area contributed by atoms with E-state index in [2.05, 4.69) is 5.16 Å². The fraction of sp³-hybridized carbons (Fsp3) is 0.375. The van der Waals surface area contributed by atoms with E-state index in [1.165, 1.54) is 0 Å². The molecule has 1 aliphatic heterocycles. The molecular formula is C16H19N3O2. The second-order valence-electron chi connectivity index (χ2n) is 5.62. The molecule has 1 aliphatic rings. The number of likely N-dealkylation sites (tertiary alicyclic amines) is 1. The van der Waals surface area contributed by atoms with Crippen molar-refractivity contribution in [2.45, 2.75) is 32.7 Å². The number of aryl methyl sites for hydroxylation is 2. The lowest BCUT2D eigenvalue weighted by Gasteiger charge is -2.23. The Morgan fingerprint density at radius 2 is 2.19 bits per heavy atom. The lowest BCUT2D eigenvalue weighted by molar-refractivity contribution is 0.0715. The van der Waals surface area contributed by atoms with Crippen molar-refractivity contribution in [3.8, 4) is 0 Å². The van der Waals surface area contributed by atoms with Crippen LogP contribution in [0, 0.1) is 13.8 Å². The van der Waals surface area contributed by atoms with Gasteiger partial charge in [0.2, 0.25) is 0 Å². The number of anilines is 1. The van der Waals surface area contributed by atoms with Gasteiger partial charge in [0.1, 0.15) is 0 Å². The van der Waals surface area contributed by atoms with E-state index in [1.807, 2.05) is 36.9 Å². The van der Waals surface area contributed by atoms with Crippen molar-refractivity contribution in [2.75, 3.05) is 12.3 Å². The largest absolute Gasteiger partial charge is 0.398 e. The summed E-state index contributed by atoms with van der Waals surface area (Å²) in [7, 11) is 0. The summed E-state index contributed by atoms with van der Waals surface area (Å²) in [4.78, 5) is 14.6. The van der Waals surface area contributed by atoms with Crippen LogP contribution >= 0.6 is 0 Å².